The molecule has 6 heteroatoms. The van der Waals surface area contributed by atoms with Crippen molar-refractivity contribution in [1.29, 1.82) is 0 Å². The monoisotopic (exact) mass is 338 g/mol. The molecule has 25 heavy (non-hydrogen) atoms. The molecule has 0 aromatic rings. The Morgan fingerprint density at radius 3 is 2.92 bits per heavy atom. The molecule has 3 heterocycles. The van der Waals surface area contributed by atoms with E-state index in [0.717, 1.165) is 36.7 Å². The molecule has 0 aromatic heterocycles. The van der Waals surface area contributed by atoms with Crippen molar-refractivity contribution in [2.75, 3.05) is 19.6 Å². The highest BCUT2D eigenvalue weighted by Crippen LogP contribution is 2.27. The predicted octanol–water partition coefficient (Wildman–Crippen LogP) is 1.84. The van der Waals surface area contributed by atoms with E-state index in [1.54, 1.807) is 6.34 Å². The summed E-state index contributed by atoms with van der Waals surface area (Å²) in [5.74, 6) is 1.34. The molecule has 2 unspecified atom stereocenters. The second-order valence-corrected chi connectivity index (χ2v) is 7.33. The van der Waals surface area contributed by atoms with Crippen LogP contribution in [0.15, 0.2) is 49.7 Å². The first-order valence-corrected chi connectivity index (χ1v) is 9.09. The van der Waals surface area contributed by atoms with Gasteiger partial charge >= 0.3 is 0 Å². The van der Waals surface area contributed by atoms with Crippen LogP contribution in [0.3, 0.4) is 0 Å². The molecule has 3 aliphatic heterocycles. The minimum absolute atomic E-state index is 0.305. The first-order chi connectivity index (χ1) is 12.1. The van der Waals surface area contributed by atoms with Gasteiger partial charge in [-0.1, -0.05) is 37.1 Å². The van der Waals surface area contributed by atoms with Gasteiger partial charge in [-0.3, -0.25) is 10.3 Å². The number of fused-ring (bicyclic) bond motifs is 1. The molecule has 1 fully saturated rings. The fourth-order valence-electron chi connectivity index (χ4n) is 3.49. The van der Waals surface area contributed by atoms with E-state index in [-0.39, 0.29) is 0 Å². The van der Waals surface area contributed by atoms with Crippen LogP contribution in [0, 0.1) is 5.92 Å². The van der Waals surface area contributed by atoms with E-state index in [1.807, 2.05) is 6.21 Å². The highest BCUT2D eigenvalue weighted by molar-refractivity contribution is 6.08. The molecule has 6 nitrogen and oxygen atoms in total. The third kappa shape index (κ3) is 3.31. The molecule has 0 spiro atoms. The van der Waals surface area contributed by atoms with Crippen LogP contribution in [0.1, 0.15) is 27.2 Å². The van der Waals surface area contributed by atoms with Gasteiger partial charge < -0.3 is 10.2 Å². The van der Waals surface area contributed by atoms with E-state index >= 15 is 0 Å². The Balaban J connectivity index is 1.64. The molecule has 0 aromatic carbocycles. The van der Waals surface area contributed by atoms with Crippen LogP contribution >= 0.6 is 0 Å². The topological polar surface area (TPSA) is 74.3 Å². The molecule has 4 aliphatic rings. The number of hydrogen-bond donors (Lipinski definition) is 2. The van der Waals surface area contributed by atoms with Crippen LogP contribution in [0.2, 0.25) is 0 Å². The molecule has 0 radical (unpaired) electrons. The predicted molar refractivity (Wildman–Crippen MR) is 103 cm³/mol. The highest BCUT2D eigenvalue weighted by atomic mass is 15.4. The van der Waals surface area contributed by atoms with Gasteiger partial charge in [0, 0.05) is 12.8 Å². The van der Waals surface area contributed by atoms with E-state index in [1.165, 1.54) is 11.1 Å². The van der Waals surface area contributed by atoms with Gasteiger partial charge in [0.1, 0.15) is 12.0 Å². The lowest BCUT2D eigenvalue weighted by Crippen LogP contribution is -2.41. The number of amidine groups is 1. The van der Waals surface area contributed by atoms with Gasteiger partial charge in [-0.25, -0.2) is 9.98 Å². The van der Waals surface area contributed by atoms with Gasteiger partial charge in [0.15, 0.2) is 5.84 Å². The maximum absolute atomic E-state index is 4.52. The van der Waals surface area contributed by atoms with Crippen molar-refractivity contribution in [1.82, 2.24) is 15.5 Å². The van der Waals surface area contributed by atoms with Gasteiger partial charge in [-0.05, 0) is 19.3 Å². The van der Waals surface area contributed by atoms with Crippen molar-refractivity contribution in [2.24, 2.45) is 20.9 Å². The first kappa shape index (κ1) is 16.3. The lowest BCUT2D eigenvalue weighted by molar-refractivity contribution is 0.382. The van der Waals surface area contributed by atoms with Crippen molar-refractivity contribution < 1.29 is 0 Å². The third-order valence-electron chi connectivity index (χ3n) is 5.19. The van der Waals surface area contributed by atoms with Crippen LogP contribution in [-0.4, -0.2) is 55.1 Å². The summed E-state index contributed by atoms with van der Waals surface area (Å²) in [6.07, 6.45) is 9.52. The molecule has 132 valence electrons. The van der Waals surface area contributed by atoms with Crippen molar-refractivity contribution >= 4 is 18.4 Å². The number of allylic oxidation sites excluding steroid dienone is 2. The number of hydrogen-bond acceptors (Lipinski definition) is 6. The van der Waals surface area contributed by atoms with Crippen LogP contribution < -0.4 is 10.6 Å². The lowest BCUT2D eigenvalue weighted by atomic mass is 9.88. The smallest absolute Gasteiger partial charge is 0.178 e. The van der Waals surface area contributed by atoms with Crippen LogP contribution in [0.4, 0.5) is 0 Å². The Morgan fingerprint density at radius 1 is 1.32 bits per heavy atom. The molecule has 1 aliphatic carbocycles. The second-order valence-electron chi connectivity index (χ2n) is 7.33. The molecule has 4 rings (SSSR count). The normalized spacial score (nSPS) is 28.3. The summed E-state index contributed by atoms with van der Waals surface area (Å²) in [4.78, 5) is 15.8. The van der Waals surface area contributed by atoms with Crippen LogP contribution in [0.5, 0.6) is 0 Å². The molecule has 2 atom stereocenters. The largest absolute Gasteiger partial charge is 0.378 e. The summed E-state index contributed by atoms with van der Waals surface area (Å²) in [6, 6.07) is 0.305. The number of rotatable bonds is 4. The molecule has 0 amide bonds. The van der Waals surface area contributed by atoms with Gasteiger partial charge in [0.2, 0.25) is 0 Å². The van der Waals surface area contributed by atoms with E-state index < -0.39 is 0 Å². The standard InChI is InChI=1S/C19H26N6/c1-12(2)14-5-4-13(3)15(8-14)24-16-9-20-11-23-19-18(16)25(7-6-21-19)17-10-22-17/h4-6,11-12,15,17,22,24H,7-10H2,1-3H3. The maximum atomic E-state index is 4.52. The summed E-state index contributed by atoms with van der Waals surface area (Å²) in [5, 5.41) is 7.18. The SMILES string of the molecule is CC1=CC=C(C(C)C)CC1NC1=C2C(=NC=NC1)N=CCN2C1CN1. The van der Waals surface area contributed by atoms with Gasteiger partial charge in [0.05, 0.1) is 31.0 Å². The Morgan fingerprint density at radius 2 is 2.16 bits per heavy atom. The Labute approximate surface area is 149 Å². The van der Waals surface area contributed by atoms with Crippen molar-refractivity contribution in [3.63, 3.8) is 0 Å². The number of nitrogens with one attached hydrogen (secondary N) is 2. The minimum Gasteiger partial charge on any atom is -0.378 e. The average Bonchev–Trinajstić information content (AvgIpc) is 3.44. The van der Waals surface area contributed by atoms with Crippen molar-refractivity contribution in [3.8, 4) is 0 Å². The molecule has 2 N–H and O–H groups in total. The number of nitrogens with zero attached hydrogens (tertiary/aromatic N) is 4. The lowest BCUT2D eigenvalue weighted by Gasteiger charge is -2.32. The summed E-state index contributed by atoms with van der Waals surface area (Å²) in [7, 11) is 0. The average molecular weight is 338 g/mol. The Bertz CT molecular complexity index is 733. The van der Waals surface area contributed by atoms with Crippen molar-refractivity contribution in [3.05, 3.63) is 34.7 Å². The van der Waals surface area contributed by atoms with E-state index in [2.05, 4.69) is 63.4 Å². The van der Waals surface area contributed by atoms with Gasteiger partial charge in [-0.2, -0.15) is 0 Å². The van der Waals surface area contributed by atoms with Gasteiger partial charge in [0.25, 0.3) is 0 Å². The summed E-state index contributed by atoms with van der Waals surface area (Å²) < 4.78 is 0. The zero-order valence-electron chi connectivity index (χ0n) is 15.2. The maximum Gasteiger partial charge on any atom is 0.178 e. The van der Waals surface area contributed by atoms with E-state index in [4.69, 9.17) is 0 Å². The second kappa shape index (κ2) is 6.59. The summed E-state index contributed by atoms with van der Waals surface area (Å²) >= 11 is 0. The summed E-state index contributed by atoms with van der Waals surface area (Å²) in [5.41, 5.74) is 5.07. The van der Waals surface area contributed by atoms with E-state index in [0.29, 0.717) is 24.7 Å². The fourth-order valence-corrected chi connectivity index (χ4v) is 3.49. The quantitative estimate of drug-likeness (QED) is 0.768. The molecular formula is C19H26N6. The number of aliphatic imine (C=N–C) groups is 3. The van der Waals surface area contributed by atoms with E-state index in [9.17, 15) is 0 Å². The molecule has 0 bridgehead atoms. The highest BCUT2D eigenvalue weighted by Gasteiger charge is 2.35. The third-order valence-corrected chi connectivity index (χ3v) is 5.19. The molecule has 1 saturated heterocycles. The van der Waals surface area contributed by atoms with Gasteiger partial charge in [-0.15, -0.1) is 0 Å². The van der Waals surface area contributed by atoms with Crippen LogP contribution in [0.25, 0.3) is 0 Å². The first-order valence-electron chi connectivity index (χ1n) is 9.09. The fraction of sp³-hybridized carbons (Fsp3) is 0.526. The zero-order chi connectivity index (χ0) is 17.4. The zero-order valence-corrected chi connectivity index (χ0v) is 15.2. The Hall–Kier alpha value is -2.21. The molecular weight excluding hydrogens is 312 g/mol. The molecule has 0 saturated carbocycles. The minimum atomic E-state index is 0.305. The Kier molecular flexibility index (Phi) is 4.29. The van der Waals surface area contributed by atoms with Crippen molar-refractivity contribution in [2.45, 2.75) is 39.4 Å². The van der Waals surface area contributed by atoms with Crippen LogP contribution in [-0.2, 0) is 0 Å². The summed E-state index contributed by atoms with van der Waals surface area (Å²) in [6.45, 7) is 9.16.